The van der Waals surface area contributed by atoms with Crippen molar-refractivity contribution in [1.82, 2.24) is 0 Å². The van der Waals surface area contributed by atoms with Gasteiger partial charge in [0.25, 0.3) is 0 Å². The monoisotopic (exact) mass is 425 g/mol. The van der Waals surface area contributed by atoms with Gasteiger partial charge >= 0.3 is 0 Å². The van der Waals surface area contributed by atoms with Gasteiger partial charge in [-0.1, -0.05) is 69.9 Å². The lowest BCUT2D eigenvalue weighted by molar-refractivity contribution is 0.895. The van der Waals surface area contributed by atoms with Gasteiger partial charge in [0.1, 0.15) is 0 Å². The zero-order chi connectivity index (χ0) is 23.5. The molecule has 0 aromatic rings. The van der Waals surface area contributed by atoms with Crippen molar-refractivity contribution in [3.63, 3.8) is 0 Å². The third kappa shape index (κ3) is 20.1. The molecule has 0 amide bonds. The van der Waals surface area contributed by atoms with E-state index in [2.05, 4.69) is 84.9 Å². The van der Waals surface area contributed by atoms with E-state index in [-0.39, 0.29) is 0 Å². The van der Waals surface area contributed by atoms with Crippen molar-refractivity contribution in [2.75, 3.05) is 6.54 Å². The predicted octanol–water partition coefficient (Wildman–Crippen LogP) is 9.54. The summed E-state index contributed by atoms with van der Waals surface area (Å²) in [5.41, 5.74) is 14.4. The van der Waals surface area contributed by atoms with E-state index in [0.29, 0.717) is 6.54 Å². The van der Waals surface area contributed by atoms with E-state index in [1.54, 1.807) is 0 Å². The standard InChI is InChI=1S/C30H51N/c1-25(2)14-10-17-28(5)20-11-18-26(3)15-8-9-16-27(4)19-12-21-29(6)22-13-23-30(7)24-31/h14-16,20-21,23H,8-13,17-19,22,24,31H2,1-7H3. The zero-order valence-electron chi connectivity index (χ0n) is 21.8. The van der Waals surface area contributed by atoms with Crippen molar-refractivity contribution in [3.05, 3.63) is 69.9 Å². The third-order valence-corrected chi connectivity index (χ3v) is 5.66. The summed E-state index contributed by atoms with van der Waals surface area (Å²) in [6, 6.07) is 0. The molecule has 0 saturated heterocycles. The Bertz CT molecular complexity index is 661. The lowest BCUT2D eigenvalue weighted by Crippen LogP contribution is -1.99. The lowest BCUT2D eigenvalue weighted by Gasteiger charge is -2.03. The van der Waals surface area contributed by atoms with Gasteiger partial charge in [-0.05, 0) is 113 Å². The third-order valence-electron chi connectivity index (χ3n) is 5.66. The van der Waals surface area contributed by atoms with Crippen LogP contribution in [0.1, 0.15) is 113 Å². The number of hydrogen-bond donors (Lipinski definition) is 1. The number of unbranched alkanes of at least 4 members (excludes halogenated alkanes) is 1. The van der Waals surface area contributed by atoms with E-state index >= 15 is 0 Å². The number of hydrogen-bond acceptors (Lipinski definition) is 1. The molecular formula is C30H51N. The van der Waals surface area contributed by atoms with Crippen LogP contribution in [0, 0.1) is 0 Å². The second-order valence-corrected chi connectivity index (χ2v) is 9.47. The van der Waals surface area contributed by atoms with Crippen LogP contribution >= 0.6 is 0 Å². The first kappa shape index (κ1) is 29.4. The molecule has 0 aromatic carbocycles. The van der Waals surface area contributed by atoms with Crippen LogP contribution in [-0.2, 0) is 0 Å². The molecule has 0 atom stereocenters. The minimum absolute atomic E-state index is 0.676. The second kappa shape index (κ2) is 19.1. The fourth-order valence-electron chi connectivity index (χ4n) is 3.38. The van der Waals surface area contributed by atoms with Gasteiger partial charge in [-0.3, -0.25) is 0 Å². The molecule has 0 aromatic heterocycles. The smallest absolute Gasteiger partial charge is 0.0134 e. The Morgan fingerprint density at radius 2 is 0.710 bits per heavy atom. The van der Waals surface area contributed by atoms with Crippen molar-refractivity contribution in [2.45, 2.75) is 113 Å². The van der Waals surface area contributed by atoms with Gasteiger partial charge in [0.05, 0.1) is 0 Å². The molecule has 0 fully saturated rings. The Labute approximate surface area is 195 Å². The number of nitrogens with two attached hydrogens (primary N) is 1. The summed E-state index contributed by atoms with van der Waals surface area (Å²) in [6.07, 6.45) is 25.9. The first-order valence-electron chi connectivity index (χ1n) is 12.4. The normalized spacial score (nSPS) is 14.3. The molecule has 0 bridgehead atoms. The highest BCUT2D eigenvalue weighted by molar-refractivity contribution is 5.08. The maximum absolute atomic E-state index is 5.63. The Kier molecular flexibility index (Phi) is 18.1. The highest BCUT2D eigenvalue weighted by Crippen LogP contribution is 2.14. The summed E-state index contributed by atoms with van der Waals surface area (Å²) in [4.78, 5) is 0. The van der Waals surface area contributed by atoms with Gasteiger partial charge in [-0.2, -0.15) is 0 Å². The van der Waals surface area contributed by atoms with Crippen LogP contribution in [0.5, 0.6) is 0 Å². The van der Waals surface area contributed by atoms with E-state index in [4.69, 9.17) is 5.73 Å². The van der Waals surface area contributed by atoms with Crippen molar-refractivity contribution < 1.29 is 0 Å². The van der Waals surface area contributed by atoms with E-state index < -0.39 is 0 Å². The van der Waals surface area contributed by atoms with Gasteiger partial charge in [-0.25, -0.2) is 0 Å². The molecule has 0 saturated carbocycles. The average Bonchev–Trinajstić information content (AvgIpc) is 2.70. The zero-order valence-corrected chi connectivity index (χ0v) is 21.8. The molecule has 176 valence electrons. The van der Waals surface area contributed by atoms with Crippen LogP contribution in [0.25, 0.3) is 0 Å². The summed E-state index contributed by atoms with van der Waals surface area (Å²) < 4.78 is 0. The molecule has 31 heavy (non-hydrogen) atoms. The first-order chi connectivity index (χ1) is 14.7. The molecule has 1 nitrogen and oxygen atoms in total. The molecule has 0 aliphatic carbocycles. The maximum Gasteiger partial charge on any atom is 0.0134 e. The van der Waals surface area contributed by atoms with E-state index in [1.165, 1.54) is 65.5 Å². The minimum atomic E-state index is 0.676. The van der Waals surface area contributed by atoms with E-state index in [9.17, 15) is 0 Å². The Morgan fingerprint density at radius 1 is 0.419 bits per heavy atom. The molecule has 0 aliphatic heterocycles. The topological polar surface area (TPSA) is 26.0 Å². The quantitative estimate of drug-likeness (QED) is 0.193. The largest absolute Gasteiger partial charge is 0.327 e. The molecule has 2 N–H and O–H groups in total. The van der Waals surface area contributed by atoms with E-state index in [0.717, 1.165) is 32.1 Å². The van der Waals surface area contributed by atoms with Crippen LogP contribution in [-0.4, -0.2) is 6.54 Å². The van der Waals surface area contributed by atoms with E-state index in [1.807, 2.05) is 0 Å². The van der Waals surface area contributed by atoms with Gasteiger partial charge in [0, 0.05) is 6.54 Å². The van der Waals surface area contributed by atoms with Crippen molar-refractivity contribution in [3.8, 4) is 0 Å². The van der Waals surface area contributed by atoms with Gasteiger partial charge < -0.3 is 5.73 Å². The first-order valence-corrected chi connectivity index (χ1v) is 12.4. The SMILES string of the molecule is CC(C)=CCCC(C)=CCCC(C)=CCCC=C(C)CCC=C(C)CCC=C(C)CN. The average molecular weight is 426 g/mol. The van der Waals surface area contributed by atoms with Crippen molar-refractivity contribution >= 4 is 0 Å². The van der Waals surface area contributed by atoms with Crippen LogP contribution in [0.15, 0.2) is 69.9 Å². The molecule has 0 spiro atoms. The van der Waals surface area contributed by atoms with Gasteiger partial charge in [0.2, 0.25) is 0 Å². The van der Waals surface area contributed by atoms with Gasteiger partial charge in [-0.15, -0.1) is 0 Å². The Balaban J connectivity index is 4.07. The van der Waals surface area contributed by atoms with Gasteiger partial charge in [0.15, 0.2) is 0 Å². The van der Waals surface area contributed by atoms with Crippen molar-refractivity contribution in [2.24, 2.45) is 5.73 Å². The molecule has 0 rings (SSSR count). The Morgan fingerprint density at radius 3 is 1.03 bits per heavy atom. The second-order valence-electron chi connectivity index (χ2n) is 9.47. The fraction of sp³-hybridized carbons (Fsp3) is 0.600. The number of rotatable bonds is 16. The highest BCUT2D eigenvalue weighted by atomic mass is 14.5. The molecule has 0 radical (unpaired) electrons. The van der Waals surface area contributed by atoms with Crippen LogP contribution < -0.4 is 5.73 Å². The highest BCUT2D eigenvalue weighted by Gasteiger charge is 1.94. The maximum atomic E-state index is 5.63. The summed E-state index contributed by atoms with van der Waals surface area (Å²) in [5, 5.41) is 0. The lowest BCUT2D eigenvalue weighted by atomic mass is 10.0. The summed E-state index contributed by atoms with van der Waals surface area (Å²) in [6.45, 7) is 16.2. The summed E-state index contributed by atoms with van der Waals surface area (Å²) in [5.74, 6) is 0. The molecule has 0 unspecified atom stereocenters. The van der Waals surface area contributed by atoms with Crippen LogP contribution in [0.4, 0.5) is 0 Å². The fourth-order valence-corrected chi connectivity index (χ4v) is 3.38. The summed E-state index contributed by atoms with van der Waals surface area (Å²) in [7, 11) is 0. The van der Waals surface area contributed by atoms with Crippen molar-refractivity contribution in [1.29, 1.82) is 0 Å². The Hall–Kier alpha value is -1.60. The van der Waals surface area contributed by atoms with Crippen LogP contribution in [0.3, 0.4) is 0 Å². The molecular weight excluding hydrogens is 374 g/mol. The number of allylic oxidation sites excluding steroid dienone is 11. The molecule has 0 aliphatic rings. The molecule has 0 heterocycles. The van der Waals surface area contributed by atoms with Crippen LogP contribution in [0.2, 0.25) is 0 Å². The molecule has 1 heteroatoms. The minimum Gasteiger partial charge on any atom is -0.327 e. The predicted molar refractivity (Wildman–Crippen MR) is 143 cm³/mol. The summed E-state index contributed by atoms with van der Waals surface area (Å²) >= 11 is 0.